The Labute approximate surface area is 95.1 Å². The van der Waals surface area contributed by atoms with Gasteiger partial charge in [-0.3, -0.25) is 0 Å². The average molecular weight is 235 g/mol. The summed E-state index contributed by atoms with van der Waals surface area (Å²) < 4.78 is 37.1. The van der Waals surface area contributed by atoms with Crippen molar-refractivity contribution in [3.8, 4) is 0 Å². The fourth-order valence-electron chi connectivity index (χ4n) is 2.18. The second-order valence-electron chi connectivity index (χ2n) is 4.39. The molecule has 0 heterocycles. The fourth-order valence-corrected chi connectivity index (χ4v) is 2.18. The summed E-state index contributed by atoms with van der Waals surface area (Å²) in [6, 6.07) is -0.530. The van der Waals surface area contributed by atoms with E-state index in [0.717, 1.165) is 37.7 Å². The predicted octanol–water partition coefficient (Wildman–Crippen LogP) is 3.81. The van der Waals surface area contributed by atoms with E-state index in [0.29, 0.717) is 0 Å². The van der Waals surface area contributed by atoms with Crippen LogP contribution in [0.15, 0.2) is 11.6 Å². The number of likely N-dealkylation sites (N-methyl/N-ethyl adjacent to an activating group) is 1. The molecule has 1 unspecified atom stereocenters. The summed E-state index contributed by atoms with van der Waals surface area (Å²) in [7, 11) is 1.61. The van der Waals surface area contributed by atoms with Crippen LogP contribution in [0.3, 0.4) is 0 Å². The maximum atomic E-state index is 12.4. The Morgan fingerprint density at radius 3 is 2.56 bits per heavy atom. The molecule has 0 spiro atoms. The zero-order chi connectivity index (χ0) is 12.0. The van der Waals surface area contributed by atoms with E-state index in [2.05, 4.69) is 5.32 Å². The van der Waals surface area contributed by atoms with Crippen LogP contribution in [0, 0.1) is 0 Å². The standard InChI is InChI=1S/C12H20F3N/c1-16-11(9-12(13,14)15)10-7-5-3-2-4-6-8-10/h7,11,16H,2-6,8-9H2,1H3. The Balaban J connectivity index is 2.62. The first-order valence-corrected chi connectivity index (χ1v) is 5.96. The number of hydrogen-bond acceptors (Lipinski definition) is 1. The van der Waals surface area contributed by atoms with E-state index in [9.17, 15) is 13.2 Å². The van der Waals surface area contributed by atoms with Gasteiger partial charge in [0.2, 0.25) is 0 Å². The van der Waals surface area contributed by atoms with Gasteiger partial charge in [0.05, 0.1) is 6.42 Å². The van der Waals surface area contributed by atoms with Gasteiger partial charge >= 0.3 is 6.18 Å². The van der Waals surface area contributed by atoms with Crippen LogP contribution in [-0.4, -0.2) is 19.3 Å². The van der Waals surface area contributed by atoms with Gasteiger partial charge < -0.3 is 5.32 Å². The van der Waals surface area contributed by atoms with E-state index in [1.54, 1.807) is 7.05 Å². The maximum Gasteiger partial charge on any atom is 0.390 e. The Morgan fingerprint density at radius 2 is 1.94 bits per heavy atom. The highest BCUT2D eigenvalue weighted by atomic mass is 19.4. The van der Waals surface area contributed by atoms with Crippen molar-refractivity contribution in [2.45, 2.75) is 57.2 Å². The van der Waals surface area contributed by atoms with Crippen LogP contribution >= 0.6 is 0 Å². The van der Waals surface area contributed by atoms with Gasteiger partial charge in [0.1, 0.15) is 0 Å². The summed E-state index contributed by atoms with van der Waals surface area (Å²) >= 11 is 0. The molecule has 1 aliphatic carbocycles. The van der Waals surface area contributed by atoms with Crippen LogP contribution in [0.5, 0.6) is 0 Å². The summed E-state index contributed by atoms with van der Waals surface area (Å²) in [5.41, 5.74) is 0.944. The molecular formula is C12H20F3N. The van der Waals surface area contributed by atoms with E-state index in [1.165, 1.54) is 6.42 Å². The zero-order valence-electron chi connectivity index (χ0n) is 9.74. The monoisotopic (exact) mass is 235 g/mol. The van der Waals surface area contributed by atoms with Crippen molar-refractivity contribution in [2.75, 3.05) is 7.05 Å². The smallest absolute Gasteiger partial charge is 0.313 e. The Bertz CT molecular complexity index is 233. The number of hydrogen-bond donors (Lipinski definition) is 1. The molecule has 0 aliphatic heterocycles. The van der Waals surface area contributed by atoms with Gasteiger partial charge in [-0.15, -0.1) is 0 Å². The van der Waals surface area contributed by atoms with Gasteiger partial charge in [0.25, 0.3) is 0 Å². The highest BCUT2D eigenvalue weighted by Crippen LogP contribution is 2.28. The number of allylic oxidation sites excluding steroid dienone is 1. The summed E-state index contributed by atoms with van der Waals surface area (Å²) in [4.78, 5) is 0. The molecule has 1 N–H and O–H groups in total. The molecule has 16 heavy (non-hydrogen) atoms. The summed E-state index contributed by atoms with van der Waals surface area (Å²) in [6.07, 6.45) is 3.35. The van der Waals surface area contributed by atoms with Crippen molar-refractivity contribution in [3.63, 3.8) is 0 Å². The summed E-state index contributed by atoms with van der Waals surface area (Å²) in [5, 5.41) is 2.79. The van der Waals surface area contributed by atoms with Crippen molar-refractivity contribution in [1.29, 1.82) is 0 Å². The summed E-state index contributed by atoms with van der Waals surface area (Å²) in [6.45, 7) is 0. The number of halogens is 3. The molecule has 0 saturated carbocycles. The van der Waals surface area contributed by atoms with Crippen LogP contribution in [0.2, 0.25) is 0 Å². The van der Waals surface area contributed by atoms with Gasteiger partial charge in [-0.25, -0.2) is 0 Å². The largest absolute Gasteiger partial charge is 0.390 e. The lowest BCUT2D eigenvalue weighted by molar-refractivity contribution is -0.137. The van der Waals surface area contributed by atoms with E-state index >= 15 is 0 Å². The lowest BCUT2D eigenvalue weighted by Crippen LogP contribution is -2.33. The first-order valence-electron chi connectivity index (χ1n) is 5.96. The molecule has 0 bridgehead atoms. The number of nitrogens with one attached hydrogen (secondary N) is 1. The first kappa shape index (κ1) is 13.6. The van der Waals surface area contributed by atoms with E-state index in [-0.39, 0.29) is 0 Å². The normalized spacial score (nSPS) is 20.9. The van der Waals surface area contributed by atoms with Crippen LogP contribution in [0.25, 0.3) is 0 Å². The van der Waals surface area contributed by atoms with Gasteiger partial charge in [0.15, 0.2) is 0 Å². The number of alkyl halides is 3. The molecule has 0 fully saturated rings. The van der Waals surface area contributed by atoms with Crippen molar-refractivity contribution in [1.82, 2.24) is 5.32 Å². The van der Waals surface area contributed by atoms with Crippen LogP contribution in [0.1, 0.15) is 44.9 Å². The molecule has 0 aromatic rings. The highest BCUT2D eigenvalue weighted by Gasteiger charge is 2.32. The van der Waals surface area contributed by atoms with Crippen molar-refractivity contribution in [3.05, 3.63) is 11.6 Å². The van der Waals surface area contributed by atoms with Crippen molar-refractivity contribution in [2.24, 2.45) is 0 Å². The predicted molar refractivity (Wildman–Crippen MR) is 59.3 cm³/mol. The molecule has 94 valence electrons. The zero-order valence-corrected chi connectivity index (χ0v) is 9.74. The molecule has 1 rings (SSSR count). The minimum Gasteiger partial charge on any atom is -0.313 e. The molecule has 0 saturated heterocycles. The minimum atomic E-state index is -4.09. The Hall–Kier alpha value is -0.510. The third kappa shape index (κ3) is 5.01. The lowest BCUT2D eigenvalue weighted by atomic mass is 9.93. The van der Waals surface area contributed by atoms with E-state index in [4.69, 9.17) is 0 Å². The second-order valence-corrected chi connectivity index (χ2v) is 4.39. The lowest BCUT2D eigenvalue weighted by Gasteiger charge is -2.23. The van der Waals surface area contributed by atoms with Crippen LogP contribution in [-0.2, 0) is 0 Å². The molecule has 1 atom stereocenters. The van der Waals surface area contributed by atoms with Gasteiger partial charge in [0, 0.05) is 6.04 Å². The van der Waals surface area contributed by atoms with Gasteiger partial charge in [-0.05, 0) is 32.7 Å². The molecule has 0 aromatic heterocycles. The number of rotatable bonds is 3. The third-order valence-electron chi connectivity index (χ3n) is 3.06. The maximum absolute atomic E-state index is 12.4. The topological polar surface area (TPSA) is 12.0 Å². The van der Waals surface area contributed by atoms with Crippen LogP contribution < -0.4 is 5.32 Å². The molecule has 4 heteroatoms. The molecular weight excluding hydrogens is 215 g/mol. The Kier molecular flexibility index (Phi) is 5.32. The second kappa shape index (κ2) is 6.28. The highest BCUT2D eigenvalue weighted by molar-refractivity contribution is 5.12. The minimum absolute atomic E-state index is 0.530. The fraction of sp³-hybridized carbons (Fsp3) is 0.833. The third-order valence-corrected chi connectivity index (χ3v) is 3.06. The van der Waals surface area contributed by atoms with Gasteiger partial charge in [-0.1, -0.05) is 24.5 Å². The molecule has 1 aliphatic rings. The molecule has 0 aromatic carbocycles. The average Bonchev–Trinajstić information content (AvgIpc) is 2.12. The molecule has 0 amide bonds. The Morgan fingerprint density at radius 1 is 1.25 bits per heavy atom. The van der Waals surface area contributed by atoms with Crippen LogP contribution in [0.4, 0.5) is 13.2 Å². The van der Waals surface area contributed by atoms with Gasteiger partial charge in [-0.2, -0.15) is 13.2 Å². The van der Waals surface area contributed by atoms with E-state index < -0.39 is 18.6 Å². The molecule has 0 radical (unpaired) electrons. The van der Waals surface area contributed by atoms with Crippen molar-refractivity contribution < 1.29 is 13.2 Å². The molecule has 1 nitrogen and oxygen atoms in total. The van der Waals surface area contributed by atoms with E-state index in [1.807, 2.05) is 6.08 Å². The summed E-state index contributed by atoms with van der Waals surface area (Å²) in [5.74, 6) is 0. The quantitative estimate of drug-likeness (QED) is 0.733. The first-order chi connectivity index (χ1) is 7.53. The van der Waals surface area contributed by atoms with Crippen molar-refractivity contribution >= 4 is 0 Å². The SMILES string of the molecule is CNC(CC(F)(F)F)C1=CCCCCCC1.